The SMILES string of the molecule is CCOC(=O)c1c(C2CC2)csc1NC(=O)Cn1nc(C2CC2)cc(C(F)(F)F)c1=O. The van der Waals surface area contributed by atoms with Gasteiger partial charge in [0.15, 0.2) is 0 Å². The molecule has 2 aromatic rings. The van der Waals surface area contributed by atoms with E-state index in [1.54, 1.807) is 12.3 Å². The number of carbonyl (C=O) groups excluding carboxylic acids is 2. The second-order valence-corrected chi connectivity index (χ2v) is 8.54. The molecule has 0 radical (unpaired) electrons. The normalized spacial score (nSPS) is 16.3. The lowest BCUT2D eigenvalue weighted by atomic mass is 10.1. The van der Waals surface area contributed by atoms with Crippen molar-refractivity contribution < 1.29 is 27.5 Å². The van der Waals surface area contributed by atoms with Crippen LogP contribution >= 0.6 is 11.3 Å². The van der Waals surface area contributed by atoms with Crippen molar-refractivity contribution in [3.05, 3.63) is 44.2 Å². The minimum absolute atomic E-state index is 0.134. The highest BCUT2D eigenvalue weighted by Gasteiger charge is 2.38. The Hall–Kier alpha value is -2.69. The maximum atomic E-state index is 13.3. The molecule has 0 atom stereocenters. The molecule has 166 valence electrons. The molecule has 0 aromatic carbocycles. The van der Waals surface area contributed by atoms with Gasteiger partial charge in [-0.3, -0.25) is 9.59 Å². The van der Waals surface area contributed by atoms with E-state index >= 15 is 0 Å². The van der Waals surface area contributed by atoms with Gasteiger partial charge in [-0.15, -0.1) is 11.3 Å². The smallest absolute Gasteiger partial charge is 0.421 e. The fraction of sp³-hybridized carbons (Fsp3) is 0.500. The summed E-state index contributed by atoms with van der Waals surface area (Å²) in [4.78, 5) is 37.3. The number of aromatic nitrogens is 2. The summed E-state index contributed by atoms with van der Waals surface area (Å²) >= 11 is 1.15. The molecule has 0 saturated heterocycles. The molecule has 1 amide bonds. The van der Waals surface area contributed by atoms with Gasteiger partial charge < -0.3 is 10.1 Å². The molecule has 4 rings (SSSR count). The number of hydrogen-bond acceptors (Lipinski definition) is 6. The first-order valence-corrected chi connectivity index (χ1v) is 10.8. The molecule has 7 nitrogen and oxygen atoms in total. The number of thiophene rings is 1. The molecule has 1 N–H and O–H groups in total. The Morgan fingerprint density at radius 2 is 1.94 bits per heavy atom. The Bertz CT molecular complexity index is 1080. The Labute approximate surface area is 179 Å². The summed E-state index contributed by atoms with van der Waals surface area (Å²) in [6.45, 7) is 1.14. The van der Waals surface area contributed by atoms with Crippen LogP contribution in [0.1, 0.15) is 71.6 Å². The number of rotatable bonds is 7. The molecular formula is C20H20F3N3O4S. The van der Waals surface area contributed by atoms with Crippen molar-refractivity contribution in [2.45, 2.75) is 57.2 Å². The first-order chi connectivity index (χ1) is 14.7. The number of hydrogen-bond donors (Lipinski definition) is 1. The molecule has 2 fully saturated rings. The van der Waals surface area contributed by atoms with Gasteiger partial charge in [0.1, 0.15) is 17.1 Å². The lowest BCUT2D eigenvalue weighted by molar-refractivity contribution is -0.139. The van der Waals surface area contributed by atoms with E-state index in [9.17, 15) is 27.6 Å². The summed E-state index contributed by atoms with van der Waals surface area (Å²) in [5.74, 6) is -1.21. The quantitative estimate of drug-likeness (QED) is 0.640. The van der Waals surface area contributed by atoms with Gasteiger partial charge in [-0.05, 0) is 55.5 Å². The fourth-order valence-electron chi connectivity index (χ4n) is 3.33. The van der Waals surface area contributed by atoms with Crippen molar-refractivity contribution in [3.63, 3.8) is 0 Å². The standard InChI is InChI=1S/C20H20F3N3O4S/c1-2-30-19(29)16-12(10-3-4-10)9-31-17(16)24-15(27)8-26-18(28)13(20(21,22)23)7-14(25-26)11-5-6-11/h7,9-11H,2-6,8H2,1H3,(H,24,27). The van der Waals surface area contributed by atoms with E-state index in [4.69, 9.17) is 4.74 Å². The molecule has 31 heavy (non-hydrogen) atoms. The van der Waals surface area contributed by atoms with E-state index in [-0.39, 0.29) is 34.7 Å². The summed E-state index contributed by atoms with van der Waals surface area (Å²) in [6.07, 6.45) is -1.59. The predicted octanol–water partition coefficient (Wildman–Crippen LogP) is 3.89. The molecule has 0 aliphatic heterocycles. The number of nitrogens with one attached hydrogen (secondary N) is 1. The maximum Gasteiger partial charge on any atom is 0.421 e. The number of anilines is 1. The van der Waals surface area contributed by atoms with Crippen LogP contribution in [0.4, 0.5) is 18.2 Å². The van der Waals surface area contributed by atoms with Crippen LogP contribution in [0.5, 0.6) is 0 Å². The topological polar surface area (TPSA) is 90.3 Å². The van der Waals surface area contributed by atoms with Crippen molar-refractivity contribution in [3.8, 4) is 0 Å². The van der Waals surface area contributed by atoms with Gasteiger partial charge in [-0.25, -0.2) is 9.48 Å². The highest BCUT2D eigenvalue weighted by molar-refractivity contribution is 7.15. The van der Waals surface area contributed by atoms with Crippen LogP contribution < -0.4 is 10.9 Å². The van der Waals surface area contributed by atoms with Crippen LogP contribution in [-0.4, -0.2) is 28.3 Å². The third-order valence-corrected chi connectivity index (χ3v) is 6.07. The Morgan fingerprint density at radius 3 is 2.52 bits per heavy atom. The first kappa shape index (κ1) is 21.5. The molecule has 0 unspecified atom stereocenters. The van der Waals surface area contributed by atoms with Crippen LogP contribution in [0.2, 0.25) is 0 Å². The fourth-order valence-corrected chi connectivity index (χ4v) is 4.37. The number of amides is 1. The third-order valence-electron chi connectivity index (χ3n) is 5.16. The van der Waals surface area contributed by atoms with Crippen LogP contribution in [0, 0.1) is 0 Å². The molecule has 0 bridgehead atoms. The van der Waals surface area contributed by atoms with Crippen LogP contribution in [0.3, 0.4) is 0 Å². The zero-order chi connectivity index (χ0) is 22.3. The molecule has 2 saturated carbocycles. The first-order valence-electron chi connectivity index (χ1n) is 9.96. The van der Waals surface area contributed by atoms with Gasteiger partial charge in [-0.1, -0.05) is 0 Å². The number of ether oxygens (including phenoxy) is 1. The van der Waals surface area contributed by atoms with E-state index in [2.05, 4.69) is 10.4 Å². The lowest BCUT2D eigenvalue weighted by Gasteiger charge is -2.12. The van der Waals surface area contributed by atoms with Crippen molar-refractivity contribution >= 4 is 28.2 Å². The van der Waals surface area contributed by atoms with Gasteiger partial charge in [0.2, 0.25) is 5.91 Å². The average Bonchev–Trinajstić information content (AvgIpc) is 3.60. The monoisotopic (exact) mass is 455 g/mol. The van der Waals surface area contributed by atoms with Crippen LogP contribution in [0.25, 0.3) is 0 Å². The second-order valence-electron chi connectivity index (χ2n) is 7.66. The van der Waals surface area contributed by atoms with Gasteiger partial charge in [0, 0.05) is 5.92 Å². The Kier molecular flexibility index (Phi) is 5.63. The molecule has 2 aromatic heterocycles. The maximum absolute atomic E-state index is 13.3. The minimum atomic E-state index is -4.84. The molecule has 11 heteroatoms. The van der Waals surface area contributed by atoms with E-state index in [1.165, 1.54) is 0 Å². The van der Waals surface area contributed by atoms with Gasteiger partial charge in [0.25, 0.3) is 5.56 Å². The predicted molar refractivity (Wildman–Crippen MR) is 106 cm³/mol. The number of alkyl halides is 3. The summed E-state index contributed by atoms with van der Waals surface area (Å²) in [5.41, 5.74) is -1.49. The van der Waals surface area contributed by atoms with E-state index in [0.29, 0.717) is 17.5 Å². The van der Waals surface area contributed by atoms with Crippen molar-refractivity contribution in [1.29, 1.82) is 0 Å². The number of nitrogens with zero attached hydrogens (tertiary/aromatic N) is 2. The van der Waals surface area contributed by atoms with Crippen molar-refractivity contribution in [1.82, 2.24) is 9.78 Å². The summed E-state index contributed by atoms with van der Waals surface area (Å²) < 4.78 is 45.5. The van der Waals surface area contributed by atoms with Crippen molar-refractivity contribution in [2.75, 3.05) is 11.9 Å². The van der Waals surface area contributed by atoms with E-state index < -0.39 is 35.7 Å². The summed E-state index contributed by atoms with van der Waals surface area (Å²) in [7, 11) is 0. The average molecular weight is 455 g/mol. The summed E-state index contributed by atoms with van der Waals surface area (Å²) in [6, 6.07) is 0.772. The number of halogens is 3. The zero-order valence-electron chi connectivity index (χ0n) is 16.6. The lowest BCUT2D eigenvalue weighted by Crippen LogP contribution is -2.35. The Balaban J connectivity index is 1.59. The molecular weight excluding hydrogens is 435 g/mol. The van der Waals surface area contributed by atoms with Crippen LogP contribution in [0.15, 0.2) is 16.2 Å². The molecule has 0 spiro atoms. The minimum Gasteiger partial charge on any atom is -0.462 e. The molecule has 2 heterocycles. The zero-order valence-corrected chi connectivity index (χ0v) is 17.4. The highest BCUT2D eigenvalue weighted by atomic mass is 32.1. The largest absolute Gasteiger partial charge is 0.462 e. The van der Waals surface area contributed by atoms with Gasteiger partial charge >= 0.3 is 12.1 Å². The van der Waals surface area contributed by atoms with Gasteiger partial charge in [-0.2, -0.15) is 18.3 Å². The highest BCUT2D eigenvalue weighted by Crippen LogP contribution is 2.46. The second kappa shape index (κ2) is 8.10. The van der Waals surface area contributed by atoms with E-state index in [0.717, 1.165) is 35.8 Å². The molecule has 2 aliphatic carbocycles. The van der Waals surface area contributed by atoms with Crippen LogP contribution in [-0.2, 0) is 22.3 Å². The third kappa shape index (κ3) is 4.65. The molecule has 2 aliphatic rings. The van der Waals surface area contributed by atoms with Gasteiger partial charge in [0.05, 0.1) is 17.9 Å². The summed E-state index contributed by atoms with van der Waals surface area (Å²) in [5, 5.41) is 8.56. The number of carbonyl (C=O) groups is 2. The Morgan fingerprint density at radius 1 is 1.26 bits per heavy atom. The number of esters is 1. The van der Waals surface area contributed by atoms with E-state index in [1.807, 2.05) is 0 Å². The van der Waals surface area contributed by atoms with Crippen molar-refractivity contribution in [2.24, 2.45) is 0 Å².